The fourth-order valence-electron chi connectivity index (χ4n) is 2.64. The fraction of sp³-hybridized carbons (Fsp3) is 0.444. The Morgan fingerprint density at radius 3 is 2.68 bits per heavy atom. The molecule has 0 aliphatic carbocycles. The van der Waals surface area contributed by atoms with Crippen molar-refractivity contribution in [2.45, 2.75) is 20.8 Å². The van der Waals surface area contributed by atoms with E-state index in [2.05, 4.69) is 34.0 Å². The number of likely N-dealkylation sites (N-methyl/N-ethyl adjacent to an activating group) is 1. The molecule has 1 heterocycles. The third-order valence-electron chi connectivity index (χ3n) is 4.20. The Kier molecular flexibility index (Phi) is 6.41. The highest BCUT2D eigenvalue weighted by Gasteiger charge is 2.12. The van der Waals surface area contributed by atoms with Crippen LogP contribution in [0.5, 0.6) is 5.75 Å². The van der Waals surface area contributed by atoms with Gasteiger partial charge in [-0.15, -0.1) is 0 Å². The Hall–Kier alpha value is -2.54. The number of ether oxygens (including phenoxy) is 1. The maximum Gasteiger partial charge on any atom is 0.296 e. The number of carbonyl (C=O) groups is 1. The molecule has 1 amide bonds. The van der Waals surface area contributed by atoms with Gasteiger partial charge in [0, 0.05) is 30.6 Å². The highest BCUT2D eigenvalue weighted by molar-refractivity contribution is 6.04. The SMILES string of the molecule is CCN(CC)CCOc1cc(C)c2cc(C(=O)N=C(N)NC)[nH]c2c1. The van der Waals surface area contributed by atoms with Crippen LogP contribution in [-0.4, -0.2) is 55.0 Å². The van der Waals surface area contributed by atoms with Crippen LogP contribution in [0.4, 0.5) is 0 Å². The lowest BCUT2D eigenvalue weighted by Crippen LogP contribution is -2.28. The van der Waals surface area contributed by atoms with Gasteiger partial charge in [0.2, 0.25) is 0 Å². The zero-order chi connectivity index (χ0) is 18.4. The maximum atomic E-state index is 12.1. The summed E-state index contributed by atoms with van der Waals surface area (Å²) in [4.78, 5) is 21.3. The van der Waals surface area contributed by atoms with Gasteiger partial charge in [0.15, 0.2) is 5.96 Å². The third kappa shape index (κ3) is 4.73. The van der Waals surface area contributed by atoms with Crippen molar-refractivity contribution in [2.75, 3.05) is 33.3 Å². The van der Waals surface area contributed by atoms with Crippen molar-refractivity contribution in [3.05, 3.63) is 29.5 Å². The van der Waals surface area contributed by atoms with Gasteiger partial charge in [0.05, 0.1) is 0 Å². The summed E-state index contributed by atoms with van der Waals surface area (Å²) < 4.78 is 5.88. The minimum atomic E-state index is -0.411. The first-order valence-electron chi connectivity index (χ1n) is 8.53. The second kappa shape index (κ2) is 8.53. The molecule has 2 rings (SSSR count). The van der Waals surface area contributed by atoms with Crippen molar-refractivity contribution in [1.29, 1.82) is 0 Å². The molecule has 0 unspecified atom stereocenters. The molecule has 0 saturated carbocycles. The van der Waals surface area contributed by atoms with E-state index in [-0.39, 0.29) is 5.96 Å². The van der Waals surface area contributed by atoms with E-state index in [1.54, 1.807) is 13.1 Å². The van der Waals surface area contributed by atoms with E-state index in [4.69, 9.17) is 10.5 Å². The number of nitrogens with two attached hydrogens (primary N) is 1. The molecule has 7 nitrogen and oxygen atoms in total. The average Bonchev–Trinajstić information content (AvgIpc) is 3.03. The van der Waals surface area contributed by atoms with Gasteiger partial charge in [-0.2, -0.15) is 4.99 Å². The summed E-state index contributed by atoms with van der Waals surface area (Å²) in [5.74, 6) is 0.462. The van der Waals surface area contributed by atoms with Gasteiger partial charge < -0.3 is 25.7 Å². The van der Waals surface area contributed by atoms with Gasteiger partial charge in [-0.3, -0.25) is 4.79 Å². The van der Waals surface area contributed by atoms with Crippen LogP contribution in [0.2, 0.25) is 0 Å². The van der Waals surface area contributed by atoms with Crippen LogP contribution in [0.15, 0.2) is 23.2 Å². The van der Waals surface area contributed by atoms with Crippen molar-refractivity contribution in [1.82, 2.24) is 15.2 Å². The molecule has 7 heteroatoms. The predicted molar refractivity (Wildman–Crippen MR) is 101 cm³/mol. The van der Waals surface area contributed by atoms with Crippen molar-refractivity contribution in [3.8, 4) is 5.75 Å². The number of hydrogen-bond acceptors (Lipinski definition) is 3. The molecule has 2 aromatic rings. The van der Waals surface area contributed by atoms with E-state index in [1.807, 2.05) is 19.1 Å². The van der Waals surface area contributed by atoms with E-state index >= 15 is 0 Å². The van der Waals surface area contributed by atoms with Gasteiger partial charge in [0.25, 0.3) is 5.91 Å². The van der Waals surface area contributed by atoms with Crippen LogP contribution in [0.3, 0.4) is 0 Å². The summed E-state index contributed by atoms with van der Waals surface area (Å²) >= 11 is 0. The Morgan fingerprint density at radius 1 is 1.32 bits per heavy atom. The lowest BCUT2D eigenvalue weighted by Gasteiger charge is -2.18. The standard InChI is InChI=1S/C18H27N5O2/c1-5-23(6-2)7-8-25-13-9-12(3)14-11-16(21-15(14)10-13)17(24)22-18(19)20-4/h9-11,21H,5-8H2,1-4H3,(H3,19,20,22,24). The Morgan fingerprint density at radius 2 is 2.04 bits per heavy atom. The molecule has 0 fully saturated rings. The monoisotopic (exact) mass is 345 g/mol. The Balaban J connectivity index is 2.17. The number of amides is 1. The van der Waals surface area contributed by atoms with Gasteiger partial charge in [-0.25, -0.2) is 0 Å². The molecule has 0 aliphatic heterocycles. The number of rotatable bonds is 7. The minimum absolute atomic E-state index is 0.0841. The number of fused-ring (bicyclic) bond motifs is 1. The third-order valence-corrected chi connectivity index (χ3v) is 4.20. The van der Waals surface area contributed by atoms with Gasteiger partial charge in [-0.05, 0) is 37.7 Å². The van der Waals surface area contributed by atoms with Crippen LogP contribution < -0.4 is 15.8 Å². The van der Waals surface area contributed by atoms with Crippen LogP contribution >= 0.6 is 0 Å². The molecule has 0 aliphatic rings. The fourth-order valence-corrected chi connectivity index (χ4v) is 2.64. The minimum Gasteiger partial charge on any atom is -0.492 e. The largest absolute Gasteiger partial charge is 0.492 e. The number of guanidine groups is 1. The zero-order valence-electron chi connectivity index (χ0n) is 15.3. The molecule has 4 N–H and O–H groups in total. The average molecular weight is 345 g/mol. The highest BCUT2D eigenvalue weighted by atomic mass is 16.5. The van der Waals surface area contributed by atoms with Crippen LogP contribution in [-0.2, 0) is 0 Å². The summed E-state index contributed by atoms with van der Waals surface area (Å²) in [6.07, 6.45) is 0. The molecule has 0 atom stereocenters. The van der Waals surface area contributed by atoms with Crippen molar-refractivity contribution < 1.29 is 9.53 Å². The van der Waals surface area contributed by atoms with E-state index < -0.39 is 5.91 Å². The van der Waals surface area contributed by atoms with Gasteiger partial charge in [-0.1, -0.05) is 13.8 Å². The topological polar surface area (TPSA) is 95.7 Å². The summed E-state index contributed by atoms with van der Waals surface area (Å²) in [6.45, 7) is 9.80. The molecule has 0 radical (unpaired) electrons. The summed E-state index contributed by atoms with van der Waals surface area (Å²) in [7, 11) is 1.61. The van der Waals surface area contributed by atoms with E-state index in [0.717, 1.165) is 41.9 Å². The molecule has 1 aromatic heterocycles. The first-order valence-corrected chi connectivity index (χ1v) is 8.53. The molecule has 0 bridgehead atoms. The van der Waals surface area contributed by atoms with Crippen LogP contribution in [0, 0.1) is 6.92 Å². The van der Waals surface area contributed by atoms with E-state index in [0.29, 0.717) is 12.3 Å². The number of hydrogen-bond donors (Lipinski definition) is 3. The second-order valence-corrected chi connectivity index (χ2v) is 5.81. The number of aromatic amines is 1. The number of aromatic nitrogens is 1. The quantitative estimate of drug-likeness (QED) is 0.526. The number of aliphatic imine (C=N–C) groups is 1. The molecule has 0 saturated heterocycles. The van der Waals surface area contributed by atoms with Crippen molar-refractivity contribution >= 4 is 22.8 Å². The van der Waals surface area contributed by atoms with Crippen LogP contribution in [0.1, 0.15) is 29.9 Å². The molecular formula is C18H27N5O2. The van der Waals surface area contributed by atoms with Gasteiger partial charge in [0.1, 0.15) is 18.1 Å². The van der Waals surface area contributed by atoms with Crippen molar-refractivity contribution in [3.63, 3.8) is 0 Å². The lowest BCUT2D eigenvalue weighted by molar-refractivity contribution is 0.0998. The summed E-state index contributed by atoms with van der Waals surface area (Å²) in [6, 6.07) is 5.68. The normalized spacial score (nSPS) is 12.0. The van der Waals surface area contributed by atoms with Crippen LogP contribution in [0.25, 0.3) is 10.9 Å². The number of aryl methyl sites for hydroxylation is 1. The molecule has 25 heavy (non-hydrogen) atoms. The van der Waals surface area contributed by atoms with Gasteiger partial charge >= 0.3 is 0 Å². The van der Waals surface area contributed by atoms with E-state index in [1.165, 1.54) is 0 Å². The second-order valence-electron chi connectivity index (χ2n) is 5.81. The Labute approximate surface area is 148 Å². The van der Waals surface area contributed by atoms with Crippen molar-refractivity contribution in [2.24, 2.45) is 10.7 Å². The Bertz CT molecular complexity index is 762. The number of nitrogens with one attached hydrogen (secondary N) is 2. The predicted octanol–water partition coefficient (Wildman–Crippen LogP) is 1.87. The smallest absolute Gasteiger partial charge is 0.296 e. The summed E-state index contributed by atoms with van der Waals surface area (Å²) in [5.41, 5.74) is 7.83. The van der Waals surface area contributed by atoms with E-state index in [9.17, 15) is 4.79 Å². The molecule has 1 aromatic carbocycles. The number of benzene rings is 1. The molecular weight excluding hydrogens is 318 g/mol. The first-order chi connectivity index (χ1) is 12.0. The maximum absolute atomic E-state index is 12.1. The lowest BCUT2D eigenvalue weighted by atomic mass is 10.1. The summed E-state index contributed by atoms with van der Waals surface area (Å²) in [5, 5.41) is 3.60. The zero-order valence-corrected chi connectivity index (χ0v) is 15.3. The highest BCUT2D eigenvalue weighted by Crippen LogP contribution is 2.26. The number of carbonyl (C=O) groups excluding carboxylic acids is 1. The number of H-pyrrole nitrogens is 1. The number of nitrogens with zero attached hydrogens (tertiary/aromatic N) is 2. The first kappa shape index (κ1) is 18.8. The molecule has 0 spiro atoms. The molecule has 136 valence electrons.